The van der Waals surface area contributed by atoms with Crippen LogP contribution < -0.4 is 0 Å². The Hall–Kier alpha value is -1.69. The molecule has 0 aliphatic carbocycles. The lowest BCUT2D eigenvalue weighted by Crippen LogP contribution is -2.38. The molecular weight excluding hydrogens is 310 g/mol. The summed E-state index contributed by atoms with van der Waals surface area (Å²) in [6, 6.07) is 1.88. The molecule has 1 saturated heterocycles. The van der Waals surface area contributed by atoms with Crippen molar-refractivity contribution in [2.24, 2.45) is 5.92 Å². The van der Waals surface area contributed by atoms with Crippen molar-refractivity contribution in [3.05, 3.63) is 29.0 Å². The molecule has 0 saturated carbocycles. The predicted molar refractivity (Wildman–Crippen MR) is 92.9 cm³/mol. The molecule has 0 atom stereocenters. The van der Waals surface area contributed by atoms with Gasteiger partial charge in [-0.1, -0.05) is 0 Å². The molecule has 6 heteroatoms. The van der Waals surface area contributed by atoms with E-state index in [1.807, 2.05) is 24.0 Å². The van der Waals surface area contributed by atoms with Crippen molar-refractivity contribution < 1.29 is 9.53 Å². The van der Waals surface area contributed by atoms with Crippen molar-refractivity contribution in [1.82, 2.24) is 9.27 Å². The number of rotatable bonds is 7. The summed E-state index contributed by atoms with van der Waals surface area (Å²) in [6.07, 6.45) is 7.16. The van der Waals surface area contributed by atoms with Crippen LogP contribution in [0.25, 0.3) is 0 Å². The number of carbonyl (C=O) groups excluding carboxylic acids is 1. The molecule has 1 aliphatic rings. The molecule has 126 valence electrons. The molecule has 1 aliphatic heterocycles. The van der Waals surface area contributed by atoms with Crippen molar-refractivity contribution in [3.8, 4) is 0 Å². The second-order valence-corrected chi connectivity index (χ2v) is 6.70. The highest BCUT2D eigenvalue weighted by Crippen LogP contribution is 2.20. The van der Waals surface area contributed by atoms with Gasteiger partial charge in [0.15, 0.2) is 0 Å². The quantitative estimate of drug-likeness (QED) is 0.613. The Morgan fingerprint density at radius 3 is 2.78 bits per heavy atom. The topological polar surface area (TPSA) is 66.3 Å². The second-order valence-electron chi connectivity index (χ2n) is 5.87. The van der Waals surface area contributed by atoms with Crippen LogP contribution in [0.1, 0.15) is 44.4 Å². The van der Waals surface area contributed by atoms with E-state index >= 15 is 0 Å². The van der Waals surface area contributed by atoms with E-state index in [9.17, 15) is 4.79 Å². The Labute approximate surface area is 142 Å². The number of likely N-dealkylation sites (tertiary alicyclic amines) is 1. The zero-order chi connectivity index (χ0) is 16.7. The van der Waals surface area contributed by atoms with Crippen LogP contribution in [0.5, 0.6) is 0 Å². The maximum atomic E-state index is 11.3. The molecule has 0 bridgehead atoms. The van der Waals surface area contributed by atoms with Gasteiger partial charge in [-0.05, 0) is 55.8 Å². The molecule has 1 N–H and O–H groups in total. The molecular formula is C17H25N3O2S. The lowest BCUT2D eigenvalue weighted by Gasteiger charge is -2.31. The van der Waals surface area contributed by atoms with Gasteiger partial charge in [0, 0.05) is 32.6 Å². The SMILES string of the molecule is C/C=C(\CCC(=N)c1ccns1)OCC1CCN(C(C)=O)CC1. The van der Waals surface area contributed by atoms with E-state index in [1.165, 1.54) is 11.5 Å². The summed E-state index contributed by atoms with van der Waals surface area (Å²) >= 11 is 1.36. The fraction of sp³-hybridized carbons (Fsp3) is 0.588. The average molecular weight is 335 g/mol. The Bertz CT molecular complexity index is 546. The van der Waals surface area contributed by atoms with Gasteiger partial charge in [-0.2, -0.15) is 0 Å². The number of aromatic nitrogens is 1. The average Bonchev–Trinajstić information content (AvgIpc) is 3.09. The Kier molecular flexibility index (Phi) is 6.77. The van der Waals surface area contributed by atoms with Crippen LogP contribution in [0.3, 0.4) is 0 Å². The highest BCUT2D eigenvalue weighted by atomic mass is 32.1. The van der Waals surface area contributed by atoms with Crippen LogP contribution in [0.2, 0.25) is 0 Å². The summed E-state index contributed by atoms with van der Waals surface area (Å²) in [5, 5.41) is 8.06. The Morgan fingerprint density at radius 1 is 1.48 bits per heavy atom. The van der Waals surface area contributed by atoms with Crippen LogP contribution in [0, 0.1) is 11.3 Å². The number of allylic oxidation sites excluding steroid dienone is 2. The molecule has 1 aromatic heterocycles. The summed E-state index contributed by atoms with van der Waals surface area (Å²) in [4.78, 5) is 14.2. The van der Waals surface area contributed by atoms with E-state index in [0.717, 1.165) is 43.0 Å². The van der Waals surface area contributed by atoms with Crippen LogP contribution in [-0.2, 0) is 9.53 Å². The number of piperidine rings is 1. The summed E-state index contributed by atoms with van der Waals surface area (Å²) in [6.45, 7) is 5.99. The molecule has 0 aromatic carbocycles. The zero-order valence-electron chi connectivity index (χ0n) is 13.9. The maximum Gasteiger partial charge on any atom is 0.219 e. The predicted octanol–water partition coefficient (Wildman–Crippen LogP) is 3.47. The van der Waals surface area contributed by atoms with Crippen molar-refractivity contribution in [2.75, 3.05) is 19.7 Å². The lowest BCUT2D eigenvalue weighted by atomic mass is 9.98. The van der Waals surface area contributed by atoms with Gasteiger partial charge in [-0.25, -0.2) is 4.37 Å². The summed E-state index contributed by atoms with van der Waals surface area (Å²) in [7, 11) is 0. The van der Waals surface area contributed by atoms with E-state index in [0.29, 0.717) is 24.7 Å². The molecule has 1 aromatic rings. The summed E-state index contributed by atoms with van der Waals surface area (Å²) < 4.78 is 9.98. The fourth-order valence-electron chi connectivity index (χ4n) is 2.68. The van der Waals surface area contributed by atoms with E-state index in [1.54, 1.807) is 13.1 Å². The number of hydrogen-bond acceptors (Lipinski definition) is 5. The summed E-state index contributed by atoms with van der Waals surface area (Å²) in [5.41, 5.74) is 0.616. The number of nitrogens with one attached hydrogen (secondary N) is 1. The maximum absolute atomic E-state index is 11.3. The van der Waals surface area contributed by atoms with Crippen LogP contribution in [0.15, 0.2) is 24.1 Å². The van der Waals surface area contributed by atoms with Crippen LogP contribution in [0.4, 0.5) is 0 Å². The van der Waals surface area contributed by atoms with Gasteiger partial charge in [0.2, 0.25) is 5.91 Å². The number of nitrogens with zero attached hydrogens (tertiary/aromatic N) is 2. The highest BCUT2D eigenvalue weighted by Gasteiger charge is 2.21. The number of ether oxygens (including phenoxy) is 1. The van der Waals surface area contributed by atoms with E-state index in [-0.39, 0.29) is 5.91 Å². The third-order valence-electron chi connectivity index (χ3n) is 4.24. The van der Waals surface area contributed by atoms with Gasteiger partial charge in [0.25, 0.3) is 0 Å². The molecule has 1 amide bonds. The molecule has 23 heavy (non-hydrogen) atoms. The third-order valence-corrected chi connectivity index (χ3v) is 5.05. The minimum absolute atomic E-state index is 0.167. The molecule has 0 unspecified atom stereocenters. The van der Waals surface area contributed by atoms with Crippen molar-refractivity contribution in [2.45, 2.75) is 39.5 Å². The Balaban J connectivity index is 1.69. The zero-order valence-corrected chi connectivity index (χ0v) is 14.7. The first kappa shape index (κ1) is 17.7. The van der Waals surface area contributed by atoms with E-state index in [4.69, 9.17) is 10.1 Å². The van der Waals surface area contributed by atoms with Crippen LogP contribution >= 0.6 is 11.5 Å². The minimum Gasteiger partial charge on any atom is -0.498 e. The number of carbonyl (C=O) groups is 1. The minimum atomic E-state index is 0.167. The van der Waals surface area contributed by atoms with Gasteiger partial charge in [-0.15, -0.1) is 0 Å². The van der Waals surface area contributed by atoms with Crippen molar-refractivity contribution >= 4 is 23.2 Å². The number of hydrogen-bond donors (Lipinski definition) is 1. The monoisotopic (exact) mass is 335 g/mol. The molecule has 2 heterocycles. The van der Waals surface area contributed by atoms with Gasteiger partial charge < -0.3 is 15.0 Å². The fourth-order valence-corrected chi connectivity index (χ4v) is 3.25. The normalized spacial score (nSPS) is 16.4. The molecule has 5 nitrogen and oxygen atoms in total. The van der Waals surface area contributed by atoms with E-state index in [2.05, 4.69) is 4.37 Å². The molecule has 2 rings (SSSR count). The van der Waals surface area contributed by atoms with Crippen LogP contribution in [-0.4, -0.2) is 40.6 Å². The van der Waals surface area contributed by atoms with E-state index < -0.39 is 0 Å². The van der Waals surface area contributed by atoms with Gasteiger partial charge in [0.05, 0.1) is 23.0 Å². The smallest absolute Gasteiger partial charge is 0.219 e. The molecule has 0 radical (unpaired) electrons. The standard InChI is InChI=1S/C17H25N3O2S/c1-3-15(4-5-16(18)17-6-9-19-23-17)22-12-14-7-10-20(11-8-14)13(2)21/h3,6,9,14,18H,4-5,7-8,10-12H2,1-2H3/b15-3+,18-16?. The molecule has 0 spiro atoms. The highest BCUT2D eigenvalue weighted by molar-refractivity contribution is 7.08. The van der Waals surface area contributed by atoms with Gasteiger partial charge in [-0.3, -0.25) is 4.79 Å². The first-order chi connectivity index (χ1) is 11.1. The molecule has 1 fully saturated rings. The second kappa shape index (κ2) is 8.82. The first-order valence-corrected chi connectivity index (χ1v) is 8.89. The summed E-state index contributed by atoms with van der Waals surface area (Å²) in [5.74, 6) is 1.63. The van der Waals surface area contributed by atoms with Gasteiger partial charge >= 0.3 is 0 Å². The lowest BCUT2D eigenvalue weighted by molar-refractivity contribution is -0.130. The largest absolute Gasteiger partial charge is 0.498 e. The first-order valence-electron chi connectivity index (χ1n) is 8.12. The van der Waals surface area contributed by atoms with Gasteiger partial charge in [0.1, 0.15) is 0 Å². The van der Waals surface area contributed by atoms with Crippen molar-refractivity contribution in [1.29, 1.82) is 5.41 Å². The Morgan fingerprint density at radius 2 is 2.22 bits per heavy atom. The number of amides is 1. The third kappa shape index (κ3) is 5.46. The van der Waals surface area contributed by atoms with Crippen molar-refractivity contribution in [3.63, 3.8) is 0 Å².